The van der Waals surface area contributed by atoms with Crippen LogP contribution < -0.4 is 0 Å². The Hall–Kier alpha value is -2.88. The fourth-order valence-electron chi connectivity index (χ4n) is 2.14. The lowest BCUT2D eigenvalue weighted by molar-refractivity contribution is 0.0466. The maximum atomic E-state index is 12.0. The highest BCUT2D eigenvalue weighted by Crippen LogP contribution is 2.07. The zero-order valence-electron chi connectivity index (χ0n) is 12.1. The first-order valence-corrected chi connectivity index (χ1v) is 7.08. The van der Waals surface area contributed by atoms with Crippen molar-refractivity contribution in [3.63, 3.8) is 0 Å². The van der Waals surface area contributed by atoms with Gasteiger partial charge in [0.15, 0.2) is 5.69 Å². The predicted molar refractivity (Wildman–Crippen MR) is 83.3 cm³/mol. The van der Waals surface area contributed by atoms with E-state index in [0.29, 0.717) is 12.2 Å². The molecule has 1 aromatic heterocycles. The number of hydrogen-bond acceptors (Lipinski definition) is 3. The summed E-state index contributed by atoms with van der Waals surface area (Å²) in [6, 6.07) is 19.6. The molecule has 3 rings (SSSR count). The van der Waals surface area contributed by atoms with Crippen molar-refractivity contribution >= 4 is 5.97 Å². The Balaban J connectivity index is 1.60. The van der Waals surface area contributed by atoms with Crippen molar-refractivity contribution in [3.8, 4) is 0 Å². The van der Waals surface area contributed by atoms with E-state index in [1.165, 1.54) is 0 Å². The summed E-state index contributed by atoms with van der Waals surface area (Å²) in [6.07, 6.45) is 3.35. The smallest absolute Gasteiger partial charge is 0.358 e. The SMILES string of the molecule is O=C(OCc1ccccc1)c1cn(Cc2ccccc2)cn1. The van der Waals surface area contributed by atoms with Crippen LogP contribution in [0.2, 0.25) is 0 Å². The van der Waals surface area contributed by atoms with Crippen LogP contribution in [0.4, 0.5) is 0 Å². The molecule has 0 aliphatic heterocycles. The zero-order valence-corrected chi connectivity index (χ0v) is 12.1. The summed E-state index contributed by atoms with van der Waals surface area (Å²) in [5.74, 6) is -0.407. The number of aromatic nitrogens is 2. The monoisotopic (exact) mass is 292 g/mol. The fourth-order valence-corrected chi connectivity index (χ4v) is 2.14. The number of ether oxygens (including phenoxy) is 1. The minimum atomic E-state index is -0.407. The molecule has 0 fully saturated rings. The number of benzene rings is 2. The van der Waals surface area contributed by atoms with Gasteiger partial charge >= 0.3 is 5.97 Å². The molecule has 0 saturated heterocycles. The molecule has 0 aliphatic rings. The van der Waals surface area contributed by atoms with Crippen LogP contribution in [0.3, 0.4) is 0 Å². The Morgan fingerprint density at radius 2 is 1.59 bits per heavy atom. The Kier molecular flexibility index (Phi) is 4.30. The summed E-state index contributed by atoms with van der Waals surface area (Å²) in [6.45, 7) is 0.936. The minimum Gasteiger partial charge on any atom is -0.456 e. The van der Waals surface area contributed by atoms with E-state index >= 15 is 0 Å². The normalized spacial score (nSPS) is 10.4. The summed E-state index contributed by atoms with van der Waals surface area (Å²) in [5, 5.41) is 0. The molecule has 0 bridgehead atoms. The largest absolute Gasteiger partial charge is 0.456 e. The van der Waals surface area contributed by atoms with Gasteiger partial charge in [0, 0.05) is 12.7 Å². The number of carbonyl (C=O) groups is 1. The molecule has 22 heavy (non-hydrogen) atoms. The maximum absolute atomic E-state index is 12.0. The summed E-state index contributed by atoms with van der Waals surface area (Å²) < 4.78 is 7.13. The molecule has 0 spiro atoms. The second-order valence-electron chi connectivity index (χ2n) is 4.98. The second kappa shape index (κ2) is 6.72. The molecule has 0 N–H and O–H groups in total. The first-order valence-electron chi connectivity index (χ1n) is 7.08. The summed E-state index contributed by atoms with van der Waals surface area (Å²) >= 11 is 0. The second-order valence-corrected chi connectivity index (χ2v) is 4.98. The van der Waals surface area contributed by atoms with E-state index < -0.39 is 5.97 Å². The Morgan fingerprint density at radius 1 is 0.955 bits per heavy atom. The van der Waals surface area contributed by atoms with E-state index in [1.54, 1.807) is 12.5 Å². The quantitative estimate of drug-likeness (QED) is 0.678. The zero-order chi connectivity index (χ0) is 15.2. The maximum Gasteiger partial charge on any atom is 0.358 e. The molecule has 0 aliphatic carbocycles. The van der Waals surface area contributed by atoms with Gasteiger partial charge in [-0.25, -0.2) is 9.78 Å². The van der Waals surface area contributed by atoms with Crippen molar-refractivity contribution in [1.82, 2.24) is 9.55 Å². The molecule has 4 heteroatoms. The van der Waals surface area contributed by atoms with Gasteiger partial charge in [-0.1, -0.05) is 60.7 Å². The summed E-state index contributed by atoms with van der Waals surface area (Å²) in [5.41, 5.74) is 2.44. The van der Waals surface area contributed by atoms with Crippen molar-refractivity contribution in [2.75, 3.05) is 0 Å². The van der Waals surface area contributed by atoms with Gasteiger partial charge in [0.25, 0.3) is 0 Å². The van der Waals surface area contributed by atoms with Gasteiger partial charge in [0.05, 0.1) is 6.33 Å². The van der Waals surface area contributed by atoms with Gasteiger partial charge in [-0.15, -0.1) is 0 Å². The number of imidazole rings is 1. The van der Waals surface area contributed by atoms with Crippen LogP contribution in [0.5, 0.6) is 0 Å². The minimum absolute atomic E-state index is 0.255. The highest BCUT2D eigenvalue weighted by molar-refractivity contribution is 5.86. The predicted octanol–water partition coefficient (Wildman–Crippen LogP) is 3.29. The van der Waals surface area contributed by atoms with E-state index in [1.807, 2.05) is 65.2 Å². The molecule has 0 unspecified atom stereocenters. The van der Waals surface area contributed by atoms with E-state index in [9.17, 15) is 4.79 Å². The van der Waals surface area contributed by atoms with Crippen molar-refractivity contribution in [2.45, 2.75) is 13.2 Å². The van der Waals surface area contributed by atoms with Crippen LogP contribution in [0.15, 0.2) is 73.2 Å². The van der Waals surface area contributed by atoms with Crippen LogP contribution in [-0.4, -0.2) is 15.5 Å². The first-order chi connectivity index (χ1) is 10.8. The van der Waals surface area contributed by atoms with Crippen LogP contribution in [0.1, 0.15) is 21.6 Å². The molecule has 0 amide bonds. The first kappa shape index (κ1) is 14.1. The number of esters is 1. The Labute approximate surface area is 129 Å². The van der Waals surface area contributed by atoms with Gasteiger partial charge in [0.1, 0.15) is 6.61 Å². The van der Waals surface area contributed by atoms with Gasteiger partial charge < -0.3 is 9.30 Å². The van der Waals surface area contributed by atoms with E-state index in [2.05, 4.69) is 4.98 Å². The van der Waals surface area contributed by atoms with Gasteiger partial charge in [0.2, 0.25) is 0 Å². The molecule has 0 atom stereocenters. The number of rotatable bonds is 5. The molecule has 1 heterocycles. The van der Waals surface area contributed by atoms with Crippen LogP contribution >= 0.6 is 0 Å². The third-order valence-electron chi connectivity index (χ3n) is 3.26. The van der Waals surface area contributed by atoms with Crippen molar-refractivity contribution < 1.29 is 9.53 Å². The third kappa shape index (κ3) is 3.61. The lowest BCUT2D eigenvalue weighted by atomic mass is 10.2. The Bertz CT molecular complexity index is 736. The van der Waals surface area contributed by atoms with Crippen molar-refractivity contribution in [3.05, 3.63) is 90.0 Å². The molecule has 3 aromatic rings. The molecule has 110 valence electrons. The van der Waals surface area contributed by atoms with Crippen molar-refractivity contribution in [2.24, 2.45) is 0 Å². The molecular weight excluding hydrogens is 276 g/mol. The topological polar surface area (TPSA) is 44.1 Å². The van der Waals surface area contributed by atoms with Gasteiger partial charge in [-0.2, -0.15) is 0 Å². The highest BCUT2D eigenvalue weighted by Gasteiger charge is 2.11. The van der Waals surface area contributed by atoms with Crippen LogP contribution in [-0.2, 0) is 17.9 Å². The van der Waals surface area contributed by atoms with Gasteiger partial charge in [-0.3, -0.25) is 0 Å². The van der Waals surface area contributed by atoms with E-state index in [0.717, 1.165) is 11.1 Å². The van der Waals surface area contributed by atoms with Crippen LogP contribution in [0.25, 0.3) is 0 Å². The molecule has 0 radical (unpaired) electrons. The number of hydrogen-bond donors (Lipinski definition) is 0. The number of carbonyl (C=O) groups excluding carboxylic acids is 1. The van der Waals surface area contributed by atoms with Crippen LogP contribution in [0, 0.1) is 0 Å². The lowest BCUT2D eigenvalue weighted by Crippen LogP contribution is -2.05. The third-order valence-corrected chi connectivity index (χ3v) is 3.26. The summed E-state index contributed by atoms with van der Waals surface area (Å²) in [7, 11) is 0. The molecule has 2 aromatic carbocycles. The van der Waals surface area contributed by atoms with E-state index in [4.69, 9.17) is 4.74 Å². The average molecular weight is 292 g/mol. The highest BCUT2D eigenvalue weighted by atomic mass is 16.5. The molecule has 0 saturated carbocycles. The van der Waals surface area contributed by atoms with Gasteiger partial charge in [-0.05, 0) is 11.1 Å². The summed E-state index contributed by atoms with van der Waals surface area (Å²) in [4.78, 5) is 16.1. The van der Waals surface area contributed by atoms with E-state index in [-0.39, 0.29) is 6.61 Å². The standard InChI is InChI=1S/C18H16N2O2/c21-18(22-13-16-9-5-2-6-10-16)17-12-20(14-19-17)11-15-7-3-1-4-8-15/h1-10,12,14H,11,13H2. The number of nitrogens with zero attached hydrogens (tertiary/aromatic N) is 2. The molecular formula is C18H16N2O2. The molecule has 4 nitrogen and oxygen atoms in total. The van der Waals surface area contributed by atoms with Crippen molar-refractivity contribution in [1.29, 1.82) is 0 Å². The lowest BCUT2D eigenvalue weighted by Gasteiger charge is -2.03. The Morgan fingerprint density at radius 3 is 2.27 bits per heavy atom. The fraction of sp³-hybridized carbons (Fsp3) is 0.111. The average Bonchev–Trinajstić information content (AvgIpc) is 3.03.